The van der Waals surface area contributed by atoms with Gasteiger partial charge >= 0.3 is 5.97 Å². The smallest absolute Gasteiger partial charge is 0.303 e. The van der Waals surface area contributed by atoms with Gasteiger partial charge < -0.3 is 10.4 Å². The van der Waals surface area contributed by atoms with Gasteiger partial charge in [0, 0.05) is 18.3 Å². The van der Waals surface area contributed by atoms with Crippen molar-refractivity contribution in [2.45, 2.75) is 12.8 Å². The third-order valence-electron chi connectivity index (χ3n) is 3.68. The Bertz CT molecular complexity index is 870. The number of benzene rings is 2. The highest BCUT2D eigenvalue weighted by Crippen LogP contribution is 2.13. The normalized spacial score (nSPS) is 10.4. The van der Waals surface area contributed by atoms with Crippen LogP contribution in [0.1, 0.15) is 22.5 Å². The molecule has 0 atom stereocenters. The first-order chi connectivity index (χ1) is 12.1. The zero-order valence-corrected chi connectivity index (χ0v) is 13.4. The second kappa shape index (κ2) is 7.44. The number of aryl methyl sites for hydroxylation is 1. The molecule has 0 aliphatic rings. The highest BCUT2D eigenvalue weighted by molar-refractivity contribution is 6.02. The highest BCUT2D eigenvalue weighted by atomic mass is 16.4. The highest BCUT2D eigenvalue weighted by Gasteiger charge is 2.10. The summed E-state index contributed by atoms with van der Waals surface area (Å²) in [6.45, 7) is 0. The zero-order valence-electron chi connectivity index (χ0n) is 13.4. The van der Waals surface area contributed by atoms with E-state index in [0.29, 0.717) is 17.8 Å². The first kappa shape index (κ1) is 16.4. The molecule has 25 heavy (non-hydrogen) atoms. The molecule has 1 heterocycles. The summed E-state index contributed by atoms with van der Waals surface area (Å²) in [4.78, 5) is 22.9. The third-order valence-corrected chi connectivity index (χ3v) is 3.68. The van der Waals surface area contributed by atoms with E-state index in [1.165, 1.54) is 0 Å². The second-order valence-corrected chi connectivity index (χ2v) is 5.53. The monoisotopic (exact) mass is 335 g/mol. The molecule has 0 bridgehead atoms. The summed E-state index contributed by atoms with van der Waals surface area (Å²) >= 11 is 0. The Morgan fingerprint density at radius 3 is 2.40 bits per heavy atom. The number of nitrogens with zero attached hydrogens (tertiary/aromatic N) is 2. The molecule has 2 aromatic carbocycles. The molecule has 0 unspecified atom stereocenters. The number of carboxylic acids is 1. The molecule has 126 valence electrons. The van der Waals surface area contributed by atoms with Gasteiger partial charge in [-0.1, -0.05) is 30.3 Å². The predicted octanol–water partition coefficient (Wildman–Crippen LogP) is 3.14. The van der Waals surface area contributed by atoms with Crippen molar-refractivity contribution in [1.29, 1.82) is 0 Å². The van der Waals surface area contributed by atoms with E-state index in [1.54, 1.807) is 41.2 Å². The van der Waals surface area contributed by atoms with Gasteiger partial charge in [-0.15, -0.1) is 0 Å². The molecule has 1 aromatic heterocycles. The molecular formula is C19H17N3O3. The molecule has 2 N–H and O–H groups in total. The summed E-state index contributed by atoms with van der Waals surface area (Å²) < 4.78 is 1.64. The number of nitrogens with one attached hydrogen (secondary N) is 1. The maximum atomic E-state index is 12.3. The lowest BCUT2D eigenvalue weighted by Crippen LogP contribution is -2.13. The van der Waals surface area contributed by atoms with Crippen LogP contribution in [-0.2, 0) is 11.2 Å². The minimum Gasteiger partial charge on any atom is -0.481 e. The standard InChI is InChI=1S/C19H17N3O3/c23-18(24)11-8-14-6-9-15(10-7-14)20-19(25)17-12-13-22(21-17)16-4-2-1-3-5-16/h1-7,9-10,12-13H,8,11H2,(H,20,25)(H,23,24). The molecule has 0 saturated carbocycles. The van der Waals surface area contributed by atoms with Crippen LogP contribution in [0.15, 0.2) is 66.9 Å². The SMILES string of the molecule is O=C(O)CCc1ccc(NC(=O)c2ccn(-c3ccccc3)n2)cc1. The number of carbonyl (C=O) groups is 2. The summed E-state index contributed by atoms with van der Waals surface area (Å²) in [6, 6.07) is 18.3. The van der Waals surface area contributed by atoms with Gasteiger partial charge in [-0.25, -0.2) is 4.68 Å². The van der Waals surface area contributed by atoms with Crippen LogP contribution in [0, 0.1) is 0 Å². The summed E-state index contributed by atoms with van der Waals surface area (Å²) in [7, 11) is 0. The van der Waals surface area contributed by atoms with Gasteiger partial charge in [-0.3, -0.25) is 9.59 Å². The van der Waals surface area contributed by atoms with Crippen LogP contribution in [0.5, 0.6) is 0 Å². The molecule has 1 amide bonds. The van der Waals surface area contributed by atoms with Crippen LogP contribution < -0.4 is 5.32 Å². The van der Waals surface area contributed by atoms with Crippen molar-refractivity contribution in [3.05, 3.63) is 78.1 Å². The molecule has 0 spiro atoms. The Morgan fingerprint density at radius 1 is 1.00 bits per heavy atom. The maximum absolute atomic E-state index is 12.3. The molecule has 0 aliphatic carbocycles. The number of carboxylic acid groups (broad SMARTS) is 1. The molecule has 6 nitrogen and oxygen atoms in total. The number of para-hydroxylation sites is 1. The number of hydrogen-bond acceptors (Lipinski definition) is 3. The van der Waals surface area contributed by atoms with Gasteiger partial charge in [0.05, 0.1) is 5.69 Å². The lowest BCUT2D eigenvalue weighted by molar-refractivity contribution is -0.136. The fraction of sp³-hybridized carbons (Fsp3) is 0.105. The Hall–Kier alpha value is -3.41. The first-order valence-electron chi connectivity index (χ1n) is 7.85. The van der Waals surface area contributed by atoms with Gasteiger partial charge in [-0.2, -0.15) is 5.10 Å². The first-order valence-corrected chi connectivity index (χ1v) is 7.85. The van der Waals surface area contributed by atoms with Crippen LogP contribution in [0.4, 0.5) is 5.69 Å². The molecule has 3 rings (SSSR count). The predicted molar refractivity (Wildman–Crippen MR) is 93.9 cm³/mol. The van der Waals surface area contributed by atoms with Gasteiger partial charge in [0.15, 0.2) is 5.69 Å². The van der Waals surface area contributed by atoms with Crippen LogP contribution in [0.3, 0.4) is 0 Å². The lowest BCUT2D eigenvalue weighted by atomic mass is 10.1. The molecule has 0 fully saturated rings. The maximum Gasteiger partial charge on any atom is 0.303 e. The molecule has 0 radical (unpaired) electrons. The van der Waals surface area contributed by atoms with Crippen molar-refractivity contribution < 1.29 is 14.7 Å². The number of anilines is 1. The zero-order chi connectivity index (χ0) is 17.6. The molecule has 0 aliphatic heterocycles. The van der Waals surface area contributed by atoms with E-state index in [-0.39, 0.29) is 12.3 Å². The Morgan fingerprint density at radius 2 is 1.72 bits per heavy atom. The minimum absolute atomic E-state index is 0.0859. The van der Waals surface area contributed by atoms with E-state index in [0.717, 1.165) is 11.3 Å². The van der Waals surface area contributed by atoms with E-state index >= 15 is 0 Å². The van der Waals surface area contributed by atoms with Crippen LogP contribution in [-0.4, -0.2) is 26.8 Å². The lowest BCUT2D eigenvalue weighted by Gasteiger charge is -2.05. The summed E-state index contributed by atoms with van der Waals surface area (Å²) in [5.41, 5.74) is 2.75. The average Bonchev–Trinajstić information content (AvgIpc) is 3.12. The number of aromatic nitrogens is 2. The summed E-state index contributed by atoms with van der Waals surface area (Å²) in [5.74, 6) is -1.13. The van der Waals surface area contributed by atoms with Crippen molar-refractivity contribution in [1.82, 2.24) is 9.78 Å². The summed E-state index contributed by atoms with van der Waals surface area (Å²) in [6.07, 6.45) is 2.28. The third kappa shape index (κ3) is 4.32. The molecule has 0 saturated heterocycles. The van der Waals surface area contributed by atoms with Crippen molar-refractivity contribution >= 4 is 17.6 Å². The largest absolute Gasteiger partial charge is 0.481 e. The molecular weight excluding hydrogens is 318 g/mol. The fourth-order valence-corrected chi connectivity index (χ4v) is 2.37. The quantitative estimate of drug-likeness (QED) is 0.725. The fourth-order valence-electron chi connectivity index (χ4n) is 2.37. The second-order valence-electron chi connectivity index (χ2n) is 5.53. The van der Waals surface area contributed by atoms with E-state index in [1.807, 2.05) is 30.3 Å². The number of rotatable bonds is 6. The van der Waals surface area contributed by atoms with Gasteiger partial charge in [0.2, 0.25) is 0 Å². The van der Waals surface area contributed by atoms with Crippen molar-refractivity contribution in [3.63, 3.8) is 0 Å². The Balaban J connectivity index is 1.64. The Labute approximate surface area is 144 Å². The minimum atomic E-state index is -0.827. The number of hydrogen-bond donors (Lipinski definition) is 2. The van der Waals surface area contributed by atoms with Crippen LogP contribution >= 0.6 is 0 Å². The van der Waals surface area contributed by atoms with Crippen LogP contribution in [0.2, 0.25) is 0 Å². The van der Waals surface area contributed by atoms with E-state index < -0.39 is 5.97 Å². The topological polar surface area (TPSA) is 84.2 Å². The van der Waals surface area contributed by atoms with E-state index in [2.05, 4.69) is 10.4 Å². The number of carbonyl (C=O) groups excluding carboxylic acids is 1. The number of aliphatic carboxylic acids is 1. The number of amides is 1. The van der Waals surface area contributed by atoms with E-state index in [4.69, 9.17) is 5.11 Å². The van der Waals surface area contributed by atoms with E-state index in [9.17, 15) is 9.59 Å². The average molecular weight is 335 g/mol. The molecule has 3 aromatic rings. The van der Waals surface area contributed by atoms with Gasteiger partial charge in [0.1, 0.15) is 0 Å². The van der Waals surface area contributed by atoms with Crippen molar-refractivity contribution in [3.8, 4) is 5.69 Å². The van der Waals surface area contributed by atoms with Gasteiger partial charge in [-0.05, 0) is 42.3 Å². The van der Waals surface area contributed by atoms with Crippen LogP contribution in [0.25, 0.3) is 5.69 Å². The van der Waals surface area contributed by atoms with Crippen molar-refractivity contribution in [2.75, 3.05) is 5.32 Å². The molecule has 6 heteroatoms. The summed E-state index contributed by atoms with van der Waals surface area (Å²) in [5, 5.41) is 15.8. The Kier molecular flexibility index (Phi) is 4.89. The van der Waals surface area contributed by atoms with Crippen molar-refractivity contribution in [2.24, 2.45) is 0 Å². The van der Waals surface area contributed by atoms with Gasteiger partial charge in [0.25, 0.3) is 5.91 Å².